The minimum Gasteiger partial charge on any atom is -0.389 e. The van der Waals surface area contributed by atoms with Gasteiger partial charge in [-0.05, 0) is 36.2 Å². The van der Waals surface area contributed by atoms with E-state index in [9.17, 15) is 5.11 Å². The maximum Gasteiger partial charge on any atom is 0.0738 e. The molecule has 1 aliphatic rings. The monoisotopic (exact) mass is 302 g/mol. The van der Waals surface area contributed by atoms with Crippen LogP contribution >= 0.6 is 15.9 Å². The van der Waals surface area contributed by atoms with Gasteiger partial charge in [0.1, 0.15) is 0 Å². The van der Waals surface area contributed by atoms with Gasteiger partial charge in [0.05, 0.1) is 28.1 Å². The Morgan fingerprint density at radius 3 is 2.82 bits per heavy atom. The lowest BCUT2D eigenvalue weighted by molar-refractivity contribution is -0.00611. The van der Waals surface area contributed by atoms with Crippen molar-refractivity contribution in [2.24, 2.45) is 13.0 Å². The van der Waals surface area contributed by atoms with Crippen molar-refractivity contribution in [2.45, 2.75) is 32.3 Å². The van der Waals surface area contributed by atoms with Crippen molar-refractivity contribution in [2.75, 3.05) is 13.2 Å². The van der Waals surface area contributed by atoms with Crippen LogP contribution in [-0.2, 0) is 18.2 Å². The first-order chi connectivity index (χ1) is 7.92. The molecule has 0 saturated carbocycles. The number of ether oxygens (including phenoxy) is 1. The number of hydrogen-bond acceptors (Lipinski definition) is 3. The second-order valence-electron chi connectivity index (χ2n) is 5.06. The van der Waals surface area contributed by atoms with Gasteiger partial charge in [0.25, 0.3) is 0 Å². The minimum absolute atomic E-state index is 0.213. The molecule has 1 aromatic rings. The average Bonchev–Trinajstić information content (AvgIpc) is 2.84. The van der Waals surface area contributed by atoms with Gasteiger partial charge in [0, 0.05) is 26.0 Å². The normalized spacial score (nSPS) is 23.9. The lowest BCUT2D eigenvalue weighted by Gasteiger charge is -2.29. The summed E-state index contributed by atoms with van der Waals surface area (Å²) in [5.74, 6) is 0.213. The van der Waals surface area contributed by atoms with E-state index < -0.39 is 5.60 Å². The van der Waals surface area contributed by atoms with Gasteiger partial charge in [-0.25, -0.2) is 0 Å². The van der Waals surface area contributed by atoms with E-state index in [1.807, 2.05) is 25.6 Å². The highest BCUT2D eigenvalue weighted by atomic mass is 79.9. The molecule has 0 radical (unpaired) electrons. The van der Waals surface area contributed by atoms with Crippen molar-refractivity contribution >= 4 is 15.9 Å². The van der Waals surface area contributed by atoms with E-state index in [-0.39, 0.29) is 5.92 Å². The highest BCUT2D eigenvalue weighted by molar-refractivity contribution is 9.10. The molecule has 0 bridgehead atoms. The predicted molar refractivity (Wildman–Crippen MR) is 68.9 cm³/mol. The Hall–Kier alpha value is -0.390. The molecule has 2 heterocycles. The maximum absolute atomic E-state index is 10.6. The quantitative estimate of drug-likeness (QED) is 0.926. The molecule has 2 unspecified atom stereocenters. The van der Waals surface area contributed by atoms with Crippen LogP contribution in [0.5, 0.6) is 0 Å². The molecule has 0 aromatic carbocycles. The minimum atomic E-state index is -0.737. The highest BCUT2D eigenvalue weighted by Gasteiger charge is 2.36. The summed E-state index contributed by atoms with van der Waals surface area (Å²) >= 11 is 3.54. The van der Waals surface area contributed by atoms with Gasteiger partial charge in [-0.3, -0.25) is 4.68 Å². The third-order valence-corrected chi connectivity index (χ3v) is 4.63. The van der Waals surface area contributed by atoms with Crippen molar-refractivity contribution in [3.63, 3.8) is 0 Å². The third-order valence-electron chi connectivity index (χ3n) is 3.60. The fourth-order valence-electron chi connectivity index (χ4n) is 2.38. The van der Waals surface area contributed by atoms with E-state index in [0.717, 1.165) is 28.9 Å². The fourth-order valence-corrected chi connectivity index (χ4v) is 2.86. The van der Waals surface area contributed by atoms with Crippen LogP contribution in [0.4, 0.5) is 0 Å². The van der Waals surface area contributed by atoms with Crippen LogP contribution in [0.15, 0.2) is 4.47 Å². The molecular formula is C12H19BrN2O2. The zero-order valence-corrected chi connectivity index (χ0v) is 12.1. The summed E-state index contributed by atoms with van der Waals surface area (Å²) in [6, 6.07) is 0. The standard InChI is InChI=1S/C12H19BrN2O2/c1-8-11(13)10(15(3)14-8)6-12(2,16)9-4-5-17-7-9/h9,16H,4-7H2,1-3H3. The number of nitrogens with zero attached hydrogens (tertiary/aromatic N) is 2. The zero-order chi connectivity index (χ0) is 12.6. The topological polar surface area (TPSA) is 47.3 Å². The van der Waals surface area contributed by atoms with Crippen LogP contribution in [-0.4, -0.2) is 33.7 Å². The predicted octanol–water partition coefficient (Wildman–Crippen LogP) is 1.82. The van der Waals surface area contributed by atoms with Crippen LogP contribution in [0.1, 0.15) is 24.7 Å². The van der Waals surface area contributed by atoms with Gasteiger partial charge in [-0.2, -0.15) is 5.10 Å². The van der Waals surface area contributed by atoms with E-state index in [4.69, 9.17) is 4.74 Å². The molecule has 2 rings (SSSR count). The molecule has 1 saturated heterocycles. The molecule has 96 valence electrons. The number of rotatable bonds is 3. The van der Waals surface area contributed by atoms with Crippen molar-refractivity contribution < 1.29 is 9.84 Å². The number of aryl methyl sites for hydroxylation is 2. The molecule has 2 atom stereocenters. The van der Waals surface area contributed by atoms with Crippen LogP contribution in [0, 0.1) is 12.8 Å². The molecule has 4 nitrogen and oxygen atoms in total. The van der Waals surface area contributed by atoms with Gasteiger partial charge in [0.2, 0.25) is 0 Å². The van der Waals surface area contributed by atoms with Crippen LogP contribution < -0.4 is 0 Å². The first-order valence-corrected chi connectivity index (χ1v) is 6.69. The SMILES string of the molecule is Cc1nn(C)c(CC(C)(O)C2CCOC2)c1Br. The Morgan fingerprint density at radius 1 is 1.65 bits per heavy atom. The van der Waals surface area contributed by atoms with Crippen molar-refractivity contribution in [3.8, 4) is 0 Å². The van der Waals surface area contributed by atoms with Gasteiger partial charge >= 0.3 is 0 Å². The summed E-state index contributed by atoms with van der Waals surface area (Å²) in [5, 5.41) is 14.9. The second-order valence-corrected chi connectivity index (χ2v) is 5.86. The Balaban J connectivity index is 2.19. The molecule has 1 aliphatic heterocycles. The molecule has 1 N–H and O–H groups in total. The molecule has 1 aromatic heterocycles. The van der Waals surface area contributed by atoms with Gasteiger partial charge in [-0.1, -0.05) is 0 Å². The number of aliphatic hydroxyl groups is 1. The van der Waals surface area contributed by atoms with E-state index >= 15 is 0 Å². The lowest BCUT2D eigenvalue weighted by atomic mass is 9.84. The summed E-state index contributed by atoms with van der Waals surface area (Å²) in [7, 11) is 1.91. The van der Waals surface area contributed by atoms with Crippen molar-refractivity contribution in [1.82, 2.24) is 9.78 Å². The van der Waals surface area contributed by atoms with E-state index in [2.05, 4.69) is 21.0 Å². The molecule has 17 heavy (non-hydrogen) atoms. The summed E-state index contributed by atoms with van der Waals surface area (Å²) in [6.07, 6.45) is 1.53. The molecule has 0 spiro atoms. The van der Waals surface area contributed by atoms with E-state index in [0.29, 0.717) is 13.0 Å². The Labute approximate surface area is 110 Å². The van der Waals surface area contributed by atoms with Crippen LogP contribution in [0.25, 0.3) is 0 Å². The summed E-state index contributed by atoms with van der Waals surface area (Å²) < 4.78 is 8.19. The fraction of sp³-hybridized carbons (Fsp3) is 0.750. The van der Waals surface area contributed by atoms with Gasteiger partial charge < -0.3 is 9.84 Å². The largest absolute Gasteiger partial charge is 0.389 e. The second kappa shape index (κ2) is 4.71. The third kappa shape index (κ3) is 2.56. The average molecular weight is 303 g/mol. The van der Waals surface area contributed by atoms with Crippen molar-refractivity contribution in [3.05, 3.63) is 15.9 Å². The van der Waals surface area contributed by atoms with E-state index in [1.165, 1.54) is 0 Å². The Bertz CT molecular complexity index is 409. The highest BCUT2D eigenvalue weighted by Crippen LogP contribution is 2.31. The summed E-state index contributed by atoms with van der Waals surface area (Å²) in [6.45, 7) is 5.26. The van der Waals surface area contributed by atoms with Gasteiger partial charge in [0.15, 0.2) is 0 Å². The molecular weight excluding hydrogens is 284 g/mol. The Morgan fingerprint density at radius 2 is 2.35 bits per heavy atom. The molecule has 5 heteroatoms. The summed E-state index contributed by atoms with van der Waals surface area (Å²) in [5.41, 5.74) is 1.26. The van der Waals surface area contributed by atoms with Crippen molar-refractivity contribution in [1.29, 1.82) is 0 Å². The first-order valence-electron chi connectivity index (χ1n) is 5.90. The maximum atomic E-state index is 10.6. The lowest BCUT2D eigenvalue weighted by Crippen LogP contribution is -2.38. The smallest absolute Gasteiger partial charge is 0.0738 e. The molecule has 1 fully saturated rings. The van der Waals surface area contributed by atoms with Gasteiger partial charge in [-0.15, -0.1) is 0 Å². The number of hydrogen-bond donors (Lipinski definition) is 1. The molecule has 0 amide bonds. The molecule has 0 aliphatic carbocycles. The summed E-state index contributed by atoms with van der Waals surface area (Å²) in [4.78, 5) is 0. The Kier molecular flexibility index (Phi) is 3.61. The number of halogens is 1. The first kappa shape index (κ1) is 13.1. The van der Waals surface area contributed by atoms with Crippen LogP contribution in [0.3, 0.4) is 0 Å². The number of aromatic nitrogens is 2. The van der Waals surface area contributed by atoms with E-state index in [1.54, 1.807) is 0 Å². The zero-order valence-electron chi connectivity index (χ0n) is 10.5. The van der Waals surface area contributed by atoms with Crippen LogP contribution in [0.2, 0.25) is 0 Å².